The van der Waals surface area contributed by atoms with Gasteiger partial charge in [0, 0.05) is 11.6 Å². The second-order valence-corrected chi connectivity index (χ2v) is 7.43. The van der Waals surface area contributed by atoms with E-state index in [1.807, 2.05) is 49.4 Å². The average molecular weight is 425 g/mol. The average Bonchev–Trinajstić information content (AvgIpc) is 3.38. The van der Waals surface area contributed by atoms with Crippen LogP contribution in [0.4, 0.5) is 5.82 Å². The highest BCUT2D eigenvalue weighted by molar-refractivity contribution is 6.04. The molecule has 0 aliphatic heterocycles. The smallest absolute Gasteiger partial charge is 0.263 e. The second-order valence-electron chi connectivity index (χ2n) is 7.43. The van der Waals surface area contributed by atoms with Gasteiger partial charge in [-0.05, 0) is 38.1 Å². The Morgan fingerprint density at radius 2 is 1.81 bits per heavy atom. The summed E-state index contributed by atoms with van der Waals surface area (Å²) in [5.41, 5.74) is 2.97. The fourth-order valence-corrected chi connectivity index (χ4v) is 3.49. The number of anilines is 1. The third-order valence-electron chi connectivity index (χ3n) is 4.98. The first kappa shape index (κ1) is 19.4. The van der Waals surface area contributed by atoms with Crippen molar-refractivity contribution >= 4 is 22.8 Å². The van der Waals surface area contributed by atoms with Crippen molar-refractivity contribution in [1.29, 1.82) is 0 Å². The maximum absolute atomic E-state index is 12.8. The van der Waals surface area contributed by atoms with Gasteiger partial charge in [0.15, 0.2) is 5.65 Å². The number of hydrogen-bond acceptors (Lipinski definition) is 5. The summed E-state index contributed by atoms with van der Waals surface area (Å²) in [5, 5.41) is 12.0. The van der Waals surface area contributed by atoms with Crippen molar-refractivity contribution in [2.45, 2.75) is 13.8 Å². The number of fused-ring (bicyclic) bond motifs is 1. The molecule has 2 aromatic carbocycles. The monoisotopic (exact) mass is 425 g/mol. The molecule has 0 aliphatic rings. The van der Waals surface area contributed by atoms with Crippen molar-refractivity contribution < 1.29 is 4.79 Å². The summed E-state index contributed by atoms with van der Waals surface area (Å²) in [4.78, 5) is 32.9. The lowest BCUT2D eigenvalue weighted by molar-refractivity contribution is 0.102. The summed E-state index contributed by atoms with van der Waals surface area (Å²) in [6, 6.07) is 18.4. The van der Waals surface area contributed by atoms with Gasteiger partial charge in [0.2, 0.25) is 5.95 Å². The molecular weight excluding hydrogens is 406 g/mol. The summed E-state index contributed by atoms with van der Waals surface area (Å²) in [7, 11) is 0. The number of aromatic nitrogens is 6. The van der Waals surface area contributed by atoms with Crippen molar-refractivity contribution in [1.82, 2.24) is 29.5 Å². The molecule has 0 bridgehead atoms. The molecule has 1 amide bonds. The molecule has 158 valence electrons. The Hall–Kier alpha value is -4.53. The first-order valence-electron chi connectivity index (χ1n) is 9.98. The topological polar surface area (TPSA) is 110 Å². The van der Waals surface area contributed by atoms with Gasteiger partial charge >= 0.3 is 0 Å². The Morgan fingerprint density at radius 1 is 1.00 bits per heavy atom. The van der Waals surface area contributed by atoms with Crippen LogP contribution in [0.3, 0.4) is 0 Å². The van der Waals surface area contributed by atoms with E-state index in [1.54, 1.807) is 29.8 Å². The Kier molecular flexibility index (Phi) is 4.63. The van der Waals surface area contributed by atoms with Gasteiger partial charge in [0.05, 0.1) is 17.6 Å². The molecule has 0 aliphatic carbocycles. The predicted molar refractivity (Wildman–Crippen MR) is 120 cm³/mol. The molecule has 2 N–H and O–H groups in total. The van der Waals surface area contributed by atoms with Gasteiger partial charge in [-0.2, -0.15) is 19.9 Å². The van der Waals surface area contributed by atoms with Gasteiger partial charge in [-0.1, -0.05) is 35.9 Å². The van der Waals surface area contributed by atoms with E-state index in [1.165, 1.54) is 10.9 Å². The number of para-hydroxylation sites is 1. The molecule has 0 saturated carbocycles. The van der Waals surface area contributed by atoms with Crippen LogP contribution in [0, 0.1) is 13.8 Å². The summed E-state index contributed by atoms with van der Waals surface area (Å²) in [6.45, 7) is 3.72. The number of nitrogens with zero attached hydrogens (tertiary/aromatic N) is 5. The van der Waals surface area contributed by atoms with E-state index in [4.69, 9.17) is 0 Å². The molecule has 0 fully saturated rings. The van der Waals surface area contributed by atoms with Gasteiger partial charge in [-0.3, -0.25) is 14.6 Å². The van der Waals surface area contributed by atoms with E-state index in [0.29, 0.717) is 28.1 Å². The Morgan fingerprint density at radius 3 is 2.59 bits per heavy atom. The van der Waals surface area contributed by atoms with Crippen LogP contribution in [0.2, 0.25) is 0 Å². The lowest BCUT2D eigenvalue weighted by atomic mass is 10.1. The number of carbonyl (C=O) groups excluding carboxylic acids is 1. The molecular formula is C23H19N7O2. The van der Waals surface area contributed by atoms with Crippen LogP contribution in [0.1, 0.15) is 21.6 Å². The van der Waals surface area contributed by atoms with E-state index in [-0.39, 0.29) is 17.4 Å². The number of nitrogens with one attached hydrogen (secondary N) is 2. The van der Waals surface area contributed by atoms with Gasteiger partial charge in [0.1, 0.15) is 11.2 Å². The number of carbonyl (C=O) groups is 1. The molecule has 9 nitrogen and oxygen atoms in total. The standard InChI is InChI=1S/C23H19N7O2/c1-14-7-6-8-16(11-14)21(31)25-19-12-15(2)28-30(19)23-26-20-18(22(32)27-23)13-24-29(20)17-9-4-3-5-10-17/h3-13H,1-2H3,(H,25,31)(H,26,27,32). The summed E-state index contributed by atoms with van der Waals surface area (Å²) in [5.74, 6) is 0.280. The highest BCUT2D eigenvalue weighted by Gasteiger charge is 2.17. The molecule has 3 heterocycles. The molecule has 0 radical (unpaired) electrons. The van der Waals surface area contributed by atoms with E-state index in [2.05, 4.69) is 25.5 Å². The zero-order valence-electron chi connectivity index (χ0n) is 17.4. The summed E-state index contributed by atoms with van der Waals surface area (Å²) >= 11 is 0. The number of H-pyrrole nitrogens is 1. The molecule has 3 aromatic heterocycles. The highest BCUT2D eigenvalue weighted by Crippen LogP contribution is 2.18. The zero-order valence-corrected chi connectivity index (χ0v) is 17.4. The molecule has 5 rings (SSSR count). The Balaban J connectivity index is 1.59. The maximum atomic E-state index is 12.8. The van der Waals surface area contributed by atoms with Gasteiger partial charge in [-0.25, -0.2) is 4.68 Å². The predicted octanol–water partition coefficient (Wildman–Crippen LogP) is 3.16. The van der Waals surface area contributed by atoms with Crippen LogP contribution in [-0.2, 0) is 0 Å². The normalized spacial score (nSPS) is 11.1. The molecule has 0 spiro atoms. The van der Waals surface area contributed by atoms with Gasteiger partial charge in [0.25, 0.3) is 11.5 Å². The first-order valence-corrected chi connectivity index (χ1v) is 9.98. The zero-order chi connectivity index (χ0) is 22.2. The lowest BCUT2D eigenvalue weighted by Crippen LogP contribution is -2.19. The molecule has 5 aromatic rings. The van der Waals surface area contributed by atoms with Crippen molar-refractivity contribution in [3.63, 3.8) is 0 Å². The first-order chi connectivity index (χ1) is 15.5. The molecule has 0 atom stereocenters. The van der Waals surface area contributed by atoms with Crippen LogP contribution in [0.15, 0.2) is 71.7 Å². The third kappa shape index (κ3) is 3.45. The summed E-state index contributed by atoms with van der Waals surface area (Å²) < 4.78 is 3.00. The van der Waals surface area contributed by atoms with Crippen LogP contribution >= 0.6 is 0 Å². The fraction of sp³-hybridized carbons (Fsp3) is 0.0870. The van der Waals surface area contributed by atoms with Crippen LogP contribution < -0.4 is 10.9 Å². The fourth-order valence-electron chi connectivity index (χ4n) is 3.49. The quantitative estimate of drug-likeness (QED) is 0.460. The van der Waals surface area contributed by atoms with E-state index < -0.39 is 0 Å². The third-order valence-corrected chi connectivity index (χ3v) is 4.98. The molecule has 9 heteroatoms. The highest BCUT2D eigenvalue weighted by atomic mass is 16.2. The largest absolute Gasteiger partial charge is 0.306 e. The van der Waals surface area contributed by atoms with Gasteiger partial charge in [-0.15, -0.1) is 0 Å². The maximum Gasteiger partial charge on any atom is 0.263 e. The number of hydrogen-bond donors (Lipinski definition) is 2. The summed E-state index contributed by atoms with van der Waals surface area (Å²) in [6.07, 6.45) is 1.48. The van der Waals surface area contributed by atoms with Gasteiger partial charge < -0.3 is 5.32 Å². The van der Waals surface area contributed by atoms with Crippen molar-refractivity contribution in [2.24, 2.45) is 0 Å². The van der Waals surface area contributed by atoms with Crippen LogP contribution in [0.5, 0.6) is 0 Å². The van der Waals surface area contributed by atoms with Crippen molar-refractivity contribution in [3.05, 3.63) is 94.0 Å². The van der Waals surface area contributed by atoms with E-state index in [9.17, 15) is 9.59 Å². The lowest BCUT2D eigenvalue weighted by Gasteiger charge is -2.09. The Bertz CT molecular complexity index is 1510. The van der Waals surface area contributed by atoms with Crippen molar-refractivity contribution in [2.75, 3.05) is 5.32 Å². The number of rotatable bonds is 4. The number of amides is 1. The molecule has 32 heavy (non-hydrogen) atoms. The minimum atomic E-state index is -0.351. The molecule has 0 unspecified atom stereocenters. The minimum absolute atomic E-state index is 0.174. The van der Waals surface area contributed by atoms with E-state index >= 15 is 0 Å². The van der Waals surface area contributed by atoms with E-state index in [0.717, 1.165) is 11.3 Å². The second kappa shape index (κ2) is 7.62. The number of aromatic amines is 1. The Labute approximate surface area is 182 Å². The number of aryl methyl sites for hydroxylation is 2. The van der Waals surface area contributed by atoms with Crippen molar-refractivity contribution in [3.8, 4) is 11.6 Å². The minimum Gasteiger partial charge on any atom is -0.306 e. The van der Waals surface area contributed by atoms with Crippen LogP contribution in [0.25, 0.3) is 22.7 Å². The molecule has 0 saturated heterocycles. The number of benzene rings is 2. The van der Waals surface area contributed by atoms with Crippen LogP contribution in [-0.4, -0.2) is 35.4 Å². The SMILES string of the molecule is Cc1cccc(C(=O)Nc2cc(C)nn2-c2nc3c(cnn3-c3ccccc3)c(=O)[nH]2)c1.